The van der Waals surface area contributed by atoms with Crippen LogP contribution in [-0.4, -0.2) is 29.8 Å². The number of benzene rings is 1. The molecule has 2 aromatic rings. The monoisotopic (exact) mass is 313 g/mol. The number of hydrogen-bond acceptors (Lipinski definition) is 3. The van der Waals surface area contributed by atoms with Crippen molar-refractivity contribution in [2.75, 3.05) is 18.6 Å². The van der Waals surface area contributed by atoms with Crippen LogP contribution in [0.4, 0.5) is 5.69 Å². The summed E-state index contributed by atoms with van der Waals surface area (Å²) in [6.45, 7) is 6.83. The van der Waals surface area contributed by atoms with Crippen molar-refractivity contribution in [3.63, 3.8) is 0 Å². The number of aromatic nitrogens is 2. The molecular weight excluding hydrogens is 290 g/mol. The van der Waals surface area contributed by atoms with Crippen LogP contribution in [0.5, 0.6) is 5.75 Å². The van der Waals surface area contributed by atoms with Gasteiger partial charge in [0, 0.05) is 24.3 Å². The van der Waals surface area contributed by atoms with E-state index in [4.69, 9.17) is 4.74 Å². The highest BCUT2D eigenvalue weighted by molar-refractivity contribution is 5.96. The Labute approximate surface area is 136 Å². The van der Waals surface area contributed by atoms with Gasteiger partial charge in [0.05, 0.1) is 12.8 Å². The van der Waals surface area contributed by atoms with E-state index in [1.165, 1.54) is 5.56 Å². The molecule has 1 amide bonds. The Morgan fingerprint density at radius 2 is 2.22 bits per heavy atom. The molecular formula is C18H23N3O2. The van der Waals surface area contributed by atoms with Crippen molar-refractivity contribution in [1.29, 1.82) is 0 Å². The molecule has 1 N–H and O–H groups in total. The molecule has 1 aromatic carbocycles. The van der Waals surface area contributed by atoms with Crippen LogP contribution in [0.1, 0.15) is 41.8 Å². The molecule has 1 aromatic heterocycles. The molecule has 0 bridgehead atoms. The molecule has 0 saturated heterocycles. The lowest BCUT2D eigenvalue weighted by molar-refractivity contribution is -0.118. The van der Waals surface area contributed by atoms with Crippen LogP contribution in [0.2, 0.25) is 0 Å². The molecule has 0 fully saturated rings. The first-order chi connectivity index (χ1) is 11.0. The number of aromatic amines is 1. The first kappa shape index (κ1) is 15.6. The zero-order valence-corrected chi connectivity index (χ0v) is 14.1. The summed E-state index contributed by atoms with van der Waals surface area (Å²) < 4.78 is 5.26. The summed E-state index contributed by atoms with van der Waals surface area (Å²) >= 11 is 0. The van der Waals surface area contributed by atoms with Gasteiger partial charge in [0.15, 0.2) is 0 Å². The van der Waals surface area contributed by atoms with Gasteiger partial charge in [-0.15, -0.1) is 0 Å². The number of aryl methyl sites for hydroxylation is 2. The number of rotatable bonds is 4. The van der Waals surface area contributed by atoms with E-state index >= 15 is 0 Å². The van der Waals surface area contributed by atoms with Crippen molar-refractivity contribution >= 4 is 11.6 Å². The van der Waals surface area contributed by atoms with Gasteiger partial charge >= 0.3 is 0 Å². The molecule has 0 saturated carbocycles. The highest BCUT2D eigenvalue weighted by atomic mass is 16.5. The number of hydrogen-bond donors (Lipinski definition) is 1. The summed E-state index contributed by atoms with van der Waals surface area (Å²) in [5, 5.41) is 7.23. The Morgan fingerprint density at radius 3 is 2.87 bits per heavy atom. The van der Waals surface area contributed by atoms with Gasteiger partial charge in [0.1, 0.15) is 5.75 Å². The minimum atomic E-state index is 0.156. The zero-order chi connectivity index (χ0) is 16.6. The van der Waals surface area contributed by atoms with E-state index < -0.39 is 0 Å². The van der Waals surface area contributed by atoms with Crippen LogP contribution in [0.3, 0.4) is 0 Å². The number of amides is 1. The predicted molar refractivity (Wildman–Crippen MR) is 90.1 cm³/mol. The third-order valence-corrected chi connectivity index (χ3v) is 4.64. The van der Waals surface area contributed by atoms with E-state index in [-0.39, 0.29) is 11.8 Å². The smallest absolute Gasteiger partial charge is 0.227 e. The van der Waals surface area contributed by atoms with Gasteiger partial charge < -0.3 is 9.64 Å². The van der Waals surface area contributed by atoms with Crippen LogP contribution in [0, 0.1) is 13.8 Å². The lowest BCUT2D eigenvalue weighted by Gasteiger charge is -2.20. The number of carbonyl (C=O) groups excluding carboxylic acids is 1. The van der Waals surface area contributed by atoms with Crippen LogP contribution in [0.15, 0.2) is 18.2 Å². The number of methoxy groups -OCH3 is 1. The Morgan fingerprint density at radius 1 is 1.43 bits per heavy atom. The van der Waals surface area contributed by atoms with Crippen molar-refractivity contribution in [3.8, 4) is 5.75 Å². The molecule has 1 aliphatic heterocycles. The summed E-state index contributed by atoms with van der Waals surface area (Å²) in [7, 11) is 1.66. The van der Waals surface area contributed by atoms with Gasteiger partial charge in [0.2, 0.25) is 5.91 Å². The Hall–Kier alpha value is -2.30. The Balaban J connectivity index is 1.76. The summed E-state index contributed by atoms with van der Waals surface area (Å²) in [5.74, 6) is 1.17. The van der Waals surface area contributed by atoms with E-state index in [0.29, 0.717) is 6.42 Å². The molecule has 2 heterocycles. The highest BCUT2D eigenvalue weighted by Crippen LogP contribution is 2.33. The average Bonchev–Trinajstić information content (AvgIpc) is 3.09. The van der Waals surface area contributed by atoms with Crippen LogP contribution in [0.25, 0.3) is 0 Å². The van der Waals surface area contributed by atoms with Crippen LogP contribution in [-0.2, 0) is 11.2 Å². The molecule has 0 aliphatic carbocycles. The van der Waals surface area contributed by atoms with Crippen LogP contribution >= 0.6 is 0 Å². The molecule has 0 radical (unpaired) electrons. The molecule has 1 aliphatic rings. The topological polar surface area (TPSA) is 58.2 Å². The SMILES string of the molecule is COc1ccc2c(c1)CCN2C(=O)CC(C)c1c(C)n[nH]c1C. The van der Waals surface area contributed by atoms with Gasteiger partial charge in [-0.1, -0.05) is 6.92 Å². The molecule has 5 nitrogen and oxygen atoms in total. The van der Waals surface area contributed by atoms with E-state index in [2.05, 4.69) is 17.1 Å². The summed E-state index contributed by atoms with van der Waals surface area (Å²) in [6.07, 6.45) is 1.38. The van der Waals surface area contributed by atoms with E-state index in [1.807, 2.05) is 36.9 Å². The number of fused-ring (bicyclic) bond motifs is 1. The molecule has 0 spiro atoms. The molecule has 122 valence electrons. The van der Waals surface area contributed by atoms with E-state index in [9.17, 15) is 4.79 Å². The van der Waals surface area contributed by atoms with Crippen molar-refractivity contribution in [1.82, 2.24) is 10.2 Å². The normalized spacial score (nSPS) is 14.7. The highest BCUT2D eigenvalue weighted by Gasteiger charge is 2.27. The molecule has 1 atom stereocenters. The quantitative estimate of drug-likeness (QED) is 0.943. The average molecular weight is 313 g/mol. The first-order valence-corrected chi connectivity index (χ1v) is 8.00. The number of H-pyrrole nitrogens is 1. The Kier molecular flexibility index (Phi) is 4.11. The summed E-state index contributed by atoms with van der Waals surface area (Å²) in [6, 6.07) is 5.92. The van der Waals surface area contributed by atoms with Gasteiger partial charge in [-0.2, -0.15) is 5.10 Å². The fourth-order valence-corrected chi connectivity index (χ4v) is 3.52. The number of anilines is 1. The predicted octanol–water partition coefficient (Wildman–Crippen LogP) is 3.12. The van der Waals surface area contributed by atoms with Gasteiger partial charge in [0.25, 0.3) is 0 Å². The fraction of sp³-hybridized carbons (Fsp3) is 0.444. The second-order valence-electron chi connectivity index (χ2n) is 6.24. The first-order valence-electron chi connectivity index (χ1n) is 8.00. The molecule has 1 unspecified atom stereocenters. The van der Waals surface area contributed by atoms with Crippen molar-refractivity contribution in [2.45, 2.75) is 39.5 Å². The minimum absolute atomic E-state index is 0.156. The Bertz CT molecular complexity index is 716. The van der Waals surface area contributed by atoms with Gasteiger partial charge in [-0.25, -0.2) is 0 Å². The second-order valence-corrected chi connectivity index (χ2v) is 6.24. The third-order valence-electron chi connectivity index (χ3n) is 4.64. The number of nitrogens with zero attached hydrogens (tertiary/aromatic N) is 2. The summed E-state index contributed by atoms with van der Waals surface area (Å²) in [4.78, 5) is 14.7. The number of nitrogens with one attached hydrogen (secondary N) is 1. The maximum atomic E-state index is 12.8. The maximum Gasteiger partial charge on any atom is 0.227 e. The van der Waals surface area contributed by atoms with Crippen molar-refractivity contribution in [2.24, 2.45) is 0 Å². The van der Waals surface area contributed by atoms with Gasteiger partial charge in [-0.05, 0) is 55.5 Å². The van der Waals surface area contributed by atoms with E-state index in [0.717, 1.165) is 41.4 Å². The largest absolute Gasteiger partial charge is 0.497 e. The zero-order valence-electron chi connectivity index (χ0n) is 14.1. The standard InChI is InChI=1S/C18H23N3O2/c1-11(18-12(2)19-20-13(18)3)9-17(22)21-8-7-14-10-15(23-4)5-6-16(14)21/h5-6,10-11H,7-9H2,1-4H3,(H,19,20). The summed E-state index contributed by atoms with van der Waals surface area (Å²) in [5.41, 5.74) is 5.39. The number of carbonyl (C=O) groups is 1. The van der Waals surface area contributed by atoms with Gasteiger partial charge in [-0.3, -0.25) is 9.89 Å². The fourth-order valence-electron chi connectivity index (χ4n) is 3.52. The molecule has 23 heavy (non-hydrogen) atoms. The molecule has 3 rings (SSSR count). The number of ether oxygens (including phenoxy) is 1. The van der Waals surface area contributed by atoms with E-state index in [1.54, 1.807) is 7.11 Å². The minimum Gasteiger partial charge on any atom is -0.497 e. The van der Waals surface area contributed by atoms with Crippen molar-refractivity contribution in [3.05, 3.63) is 40.7 Å². The van der Waals surface area contributed by atoms with Crippen molar-refractivity contribution < 1.29 is 9.53 Å². The second kappa shape index (κ2) is 6.07. The molecule has 5 heteroatoms. The maximum absolute atomic E-state index is 12.8. The van der Waals surface area contributed by atoms with Crippen LogP contribution < -0.4 is 9.64 Å². The lowest BCUT2D eigenvalue weighted by Crippen LogP contribution is -2.29. The third kappa shape index (κ3) is 2.83. The lowest BCUT2D eigenvalue weighted by atomic mass is 9.95.